The lowest BCUT2D eigenvalue weighted by atomic mass is 10.1. The third-order valence-corrected chi connectivity index (χ3v) is 4.75. The van der Waals surface area contributed by atoms with Crippen molar-refractivity contribution < 1.29 is 19.0 Å². The molecular weight excluding hydrogens is 328 g/mol. The second kappa shape index (κ2) is 7.35. The average Bonchev–Trinajstić information content (AvgIpc) is 2.86. The van der Waals surface area contributed by atoms with Crippen LogP contribution in [-0.2, 0) is 0 Å². The summed E-state index contributed by atoms with van der Waals surface area (Å²) in [5.74, 6) is 1.10. The number of hydrogen-bond acceptors (Lipinski definition) is 6. The summed E-state index contributed by atoms with van der Waals surface area (Å²) in [4.78, 5) is 17.1. The highest BCUT2D eigenvalue weighted by molar-refractivity contribution is 7.16. The summed E-state index contributed by atoms with van der Waals surface area (Å²) in [6.07, 6.45) is 1.64. The number of amides is 1. The molecule has 0 unspecified atom stereocenters. The van der Waals surface area contributed by atoms with Gasteiger partial charge in [0.25, 0.3) is 5.91 Å². The molecule has 2 aromatic rings. The number of nitrogens with zero attached hydrogens (tertiary/aromatic N) is 1. The maximum Gasteiger partial charge on any atom is 0.252 e. The number of aryl methyl sites for hydroxylation is 1. The Kier molecular flexibility index (Phi) is 5.46. The third kappa shape index (κ3) is 3.35. The summed E-state index contributed by atoms with van der Waals surface area (Å²) in [6, 6.07) is 3.56. The number of carbonyl (C=O) groups is 1. The fourth-order valence-electron chi connectivity index (χ4n) is 2.30. The molecule has 7 heteroatoms. The number of carbonyl (C=O) groups excluding carboxylic acids is 1. The van der Waals surface area contributed by atoms with Crippen molar-refractivity contribution >= 4 is 28.5 Å². The van der Waals surface area contributed by atoms with Crippen LogP contribution in [0.2, 0.25) is 0 Å². The number of aliphatic imine (C=N–C) groups is 1. The summed E-state index contributed by atoms with van der Waals surface area (Å²) in [7, 11) is 4.65. The molecule has 1 heterocycles. The van der Waals surface area contributed by atoms with Gasteiger partial charge in [-0.3, -0.25) is 4.79 Å². The Morgan fingerprint density at radius 1 is 1.12 bits per heavy atom. The molecular formula is C17H20N2O4S. The lowest BCUT2D eigenvalue weighted by Crippen LogP contribution is -2.11. The molecule has 1 amide bonds. The Morgan fingerprint density at radius 2 is 1.71 bits per heavy atom. The minimum Gasteiger partial charge on any atom is -0.493 e. The van der Waals surface area contributed by atoms with Crippen LogP contribution >= 0.6 is 11.3 Å². The largest absolute Gasteiger partial charge is 0.493 e. The molecule has 2 N–H and O–H groups in total. The van der Waals surface area contributed by atoms with Crippen LogP contribution in [-0.4, -0.2) is 33.5 Å². The summed E-state index contributed by atoms with van der Waals surface area (Å²) in [6.45, 7) is 3.80. The van der Waals surface area contributed by atoms with Crippen molar-refractivity contribution in [3.05, 3.63) is 33.7 Å². The molecule has 1 aromatic heterocycles. The number of ether oxygens (including phenoxy) is 3. The highest BCUT2D eigenvalue weighted by Crippen LogP contribution is 2.38. The minimum atomic E-state index is -0.478. The van der Waals surface area contributed by atoms with Gasteiger partial charge in [0.2, 0.25) is 5.75 Å². The van der Waals surface area contributed by atoms with E-state index in [2.05, 4.69) is 4.99 Å². The van der Waals surface area contributed by atoms with Gasteiger partial charge in [-0.15, -0.1) is 11.3 Å². The SMILES string of the molecule is COc1cc(C=Nc2sc(C)c(C)c2C(N)=O)cc(OC)c1OC. The van der Waals surface area contributed by atoms with Crippen LogP contribution in [0.25, 0.3) is 0 Å². The van der Waals surface area contributed by atoms with Gasteiger partial charge in [-0.2, -0.15) is 0 Å². The van der Waals surface area contributed by atoms with E-state index in [4.69, 9.17) is 19.9 Å². The van der Waals surface area contributed by atoms with E-state index in [1.807, 2.05) is 13.8 Å². The number of rotatable bonds is 6. The Labute approximate surface area is 144 Å². The zero-order valence-corrected chi connectivity index (χ0v) is 15.1. The molecule has 24 heavy (non-hydrogen) atoms. The molecule has 0 saturated carbocycles. The first-order chi connectivity index (χ1) is 11.4. The highest BCUT2D eigenvalue weighted by atomic mass is 32.1. The van der Waals surface area contributed by atoms with E-state index >= 15 is 0 Å². The Morgan fingerprint density at radius 3 is 2.17 bits per heavy atom. The summed E-state index contributed by atoms with van der Waals surface area (Å²) in [5.41, 5.74) is 7.54. The van der Waals surface area contributed by atoms with Gasteiger partial charge in [0.05, 0.1) is 26.9 Å². The van der Waals surface area contributed by atoms with Gasteiger partial charge in [-0.1, -0.05) is 0 Å². The molecule has 0 radical (unpaired) electrons. The van der Waals surface area contributed by atoms with E-state index in [9.17, 15) is 4.79 Å². The first kappa shape index (κ1) is 17.8. The molecule has 0 spiro atoms. The Balaban J connectivity index is 2.47. The van der Waals surface area contributed by atoms with Crippen LogP contribution in [0.5, 0.6) is 17.2 Å². The monoisotopic (exact) mass is 348 g/mol. The quantitative estimate of drug-likeness (QED) is 0.812. The van der Waals surface area contributed by atoms with Gasteiger partial charge >= 0.3 is 0 Å². The van der Waals surface area contributed by atoms with E-state index in [1.54, 1.807) is 39.7 Å². The first-order valence-corrected chi connectivity index (χ1v) is 7.98. The average molecular weight is 348 g/mol. The number of nitrogens with two attached hydrogens (primary N) is 1. The number of hydrogen-bond donors (Lipinski definition) is 1. The lowest BCUT2D eigenvalue weighted by Gasteiger charge is -2.12. The topological polar surface area (TPSA) is 83.1 Å². The Hall–Kier alpha value is -2.54. The zero-order valence-electron chi connectivity index (χ0n) is 14.3. The predicted molar refractivity (Wildman–Crippen MR) is 95.7 cm³/mol. The normalized spacial score (nSPS) is 10.9. The fourth-order valence-corrected chi connectivity index (χ4v) is 3.31. The second-order valence-electron chi connectivity index (χ2n) is 5.04. The highest BCUT2D eigenvalue weighted by Gasteiger charge is 2.17. The number of methoxy groups -OCH3 is 3. The van der Waals surface area contributed by atoms with E-state index < -0.39 is 5.91 Å². The van der Waals surface area contributed by atoms with Crippen LogP contribution in [0, 0.1) is 13.8 Å². The van der Waals surface area contributed by atoms with E-state index in [0.717, 1.165) is 16.0 Å². The molecule has 0 aliphatic rings. The third-order valence-electron chi connectivity index (χ3n) is 3.63. The second-order valence-corrected chi connectivity index (χ2v) is 6.25. The van der Waals surface area contributed by atoms with Crippen molar-refractivity contribution in [2.45, 2.75) is 13.8 Å². The number of primary amides is 1. The molecule has 2 rings (SSSR count). The van der Waals surface area contributed by atoms with E-state index in [1.165, 1.54) is 11.3 Å². The molecule has 128 valence electrons. The minimum absolute atomic E-state index is 0.459. The number of benzene rings is 1. The molecule has 0 saturated heterocycles. The van der Waals surface area contributed by atoms with Gasteiger partial charge < -0.3 is 19.9 Å². The molecule has 1 aromatic carbocycles. The van der Waals surface area contributed by atoms with E-state index in [-0.39, 0.29) is 0 Å². The van der Waals surface area contributed by atoms with Crippen LogP contribution < -0.4 is 19.9 Å². The van der Waals surface area contributed by atoms with Crippen molar-refractivity contribution in [1.82, 2.24) is 0 Å². The van der Waals surface area contributed by atoms with E-state index in [0.29, 0.717) is 27.8 Å². The fraction of sp³-hybridized carbons (Fsp3) is 0.294. The van der Waals surface area contributed by atoms with Crippen molar-refractivity contribution in [3.63, 3.8) is 0 Å². The smallest absolute Gasteiger partial charge is 0.252 e. The molecule has 0 fully saturated rings. The van der Waals surface area contributed by atoms with Gasteiger partial charge in [0, 0.05) is 16.7 Å². The zero-order chi connectivity index (χ0) is 17.9. The van der Waals surface area contributed by atoms with Crippen molar-refractivity contribution in [2.75, 3.05) is 21.3 Å². The van der Waals surface area contributed by atoms with Crippen LogP contribution in [0.4, 0.5) is 5.00 Å². The number of thiophene rings is 1. The molecule has 0 atom stereocenters. The standard InChI is InChI=1S/C17H20N2O4S/c1-9-10(2)24-17(14(9)16(18)20)19-8-11-6-12(21-3)15(23-5)13(7-11)22-4/h6-8H,1-5H3,(H2,18,20). The molecule has 0 aliphatic heterocycles. The van der Waals surface area contributed by atoms with Crippen LogP contribution in [0.3, 0.4) is 0 Å². The van der Waals surface area contributed by atoms with Crippen molar-refractivity contribution in [2.24, 2.45) is 10.7 Å². The van der Waals surface area contributed by atoms with Gasteiger partial charge in [-0.25, -0.2) is 4.99 Å². The maximum atomic E-state index is 11.7. The van der Waals surface area contributed by atoms with Crippen molar-refractivity contribution in [1.29, 1.82) is 0 Å². The van der Waals surface area contributed by atoms with Gasteiger partial charge in [0.1, 0.15) is 5.00 Å². The predicted octanol–water partition coefficient (Wildman–Crippen LogP) is 3.24. The summed E-state index contributed by atoms with van der Waals surface area (Å²) < 4.78 is 15.9. The van der Waals surface area contributed by atoms with Crippen molar-refractivity contribution in [3.8, 4) is 17.2 Å². The van der Waals surface area contributed by atoms with Gasteiger partial charge in [0.15, 0.2) is 11.5 Å². The first-order valence-electron chi connectivity index (χ1n) is 7.16. The maximum absolute atomic E-state index is 11.7. The van der Waals surface area contributed by atoms with Crippen LogP contribution in [0.1, 0.15) is 26.4 Å². The molecule has 6 nitrogen and oxygen atoms in total. The summed E-state index contributed by atoms with van der Waals surface area (Å²) in [5, 5.41) is 0.589. The molecule has 0 aliphatic carbocycles. The summed E-state index contributed by atoms with van der Waals surface area (Å²) >= 11 is 1.43. The van der Waals surface area contributed by atoms with Gasteiger partial charge in [-0.05, 0) is 31.5 Å². The van der Waals surface area contributed by atoms with Crippen LogP contribution in [0.15, 0.2) is 17.1 Å². The molecule has 0 bridgehead atoms. The Bertz CT molecular complexity index is 771. The lowest BCUT2D eigenvalue weighted by molar-refractivity contribution is 0.100.